The van der Waals surface area contributed by atoms with Crippen LogP contribution in [0.4, 0.5) is 0 Å². The van der Waals surface area contributed by atoms with Crippen LogP contribution in [0.1, 0.15) is 36.1 Å². The molecule has 0 spiro atoms. The first-order valence-corrected chi connectivity index (χ1v) is 9.63. The van der Waals surface area contributed by atoms with Gasteiger partial charge in [-0.2, -0.15) is 0 Å². The van der Waals surface area contributed by atoms with Crippen molar-refractivity contribution in [2.75, 3.05) is 13.7 Å². The topological polar surface area (TPSA) is 21.3 Å². The molecule has 2 aromatic rings. The van der Waals surface area contributed by atoms with Crippen LogP contribution < -0.4 is 10.1 Å². The SMILES string of the molecule is CCCNC(c1csc(I)c1)c1cc(Br)c(C)cc1OC. The number of methoxy groups -OCH3 is 1. The third kappa shape index (κ3) is 4.21. The molecule has 1 unspecified atom stereocenters. The molecule has 0 bridgehead atoms. The number of hydrogen-bond donors (Lipinski definition) is 1. The Hall–Kier alpha value is -0.110. The zero-order valence-electron chi connectivity index (χ0n) is 12.4. The van der Waals surface area contributed by atoms with Crippen molar-refractivity contribution in [3.05, 3.63) is 47.6 Å². The average Bonchev–Trinajstić information content (AvgIpc) is 2.89. The van der Waals surface area contributed by atoms with Gasteiger partial charge < -0.3 is 10.1 Å². The van der Waals surface area contributed by atoms with Crippen LogP contribution >= 0.6 is 49.9 Å². The highest BCUT2D eigenvalue weighted by atomic mass is 127. The van der Waals surface area contributed by atoms with Crippen molar-refractivity contribution in [3.8, 4) is 5.75 Å². The van der Waals surface area contributed by atoms with E-state index < -0.39 is 0 Å². The highest BCUT2D eigenvalue weighted by Crippen LogP contribution is 2.36. The van der Waals surface area contributed by atoms with Crippen molar-refractivity contribution in [2.45, 2.75) is 26.3 Å². The summed E-state index contributed by atoms with van der Waals surface area (Å²) in [6.07, 6.45) is 1.10. The van der Waals surface area contributed by atoms with E-state index in [0.29, 0.717) is 0 Å². The summed E-state index contributed by atoms with van der Waals surface area (Å²) in [5.74, 6) is 0.936. The first kappa shape index (κ1) is 17.2. The summed E-state index contributed by atoms with van der Waals surface area (Å²) in [7, 11) is 1.74. The quantitative estimate of drug-likeness (QED) is 0.550. The first-order valence-electron chi connectivity index (χ1n) is 6.88. The molecule has 0 aliphatic carbocycles. The summed E-state index contributed by atoms with van der Waals surface area (Å²) in [6, 6.07) is 6.67. The van der Waals surface area contributed by atoms with Crippen LogP contribution in [-0.4, -0.2) is 13.7 Å². The Bertz CT molecular complexity index is 614. The van der Waals surface area contributed by atoms with Gasteiger partial charge in [0.15, 0.2) is 0 Å². The van der Waals surface area contributed by atoms with Gasteiger partial charge in [0.25, 0.3) is 0 Å². The van der Waals surface area contributed by atoms with Gasteiger partial charge in [0.05, 0.1) is 16.0 Å². The fourth-order valence-corrected chi connectivity index (χ4v) is 4.00. The molecule has 114 valence electrons. The van der Waals surface area contributed by atoms with Crippen molar-refractivity contribution < 1.29 is 4.74 Å². The number of halogens is 2. The van der Waals surface area contributed by atoms with Crippen LogP contribution in [0.25, 0.3) is 0 Å². The van der Waals surface area contributed by atoms with E-state index in [4.69, 9.17) is 4.74 Å². The van der Waals surface area contributed by atoms with Gasteiger partial charge >= 0.3 is 0 Å². The van der Waals surface area contributed by atoms with Crippen molar-refractivity contribution in [1.82, 2.24) is 5.32 Å². The van der Waals surface area contributed by atoms with E-state index in [1.54, 1.807) is 18.4 Å². The fourth-order valence-electron chi connectivity index (χ4n) is 2.24. The summed E-state index contributed by atoms with van der Waals surface area (Å²) in [5.41, 5.74) is 3.66. The Morgan fingerprint density at radius 1 is 1.38 bits per heavy atom. The number of nitrogens with one attached hydrogen (secondary N) is 1. The zero-order chi connectivity index (χ0) is 15.4. The van der Waals surface area contributed by atoms with Crippen LogP contribution in [0.2, 0.25) is 0 Å². The third-order valence-electron chi connectivity index (χ3n) is 3.34. The Balaban J connectivity index is 2.47. The molecular formula is C16H19BrINOS. The largest absolute Gasteiger partial charge is 0.496 e. The summed E-state index contributed by atoms with van der Waals surface area (Å²) in [5, 5.41) is 5.86. The van der Waals surface area contributed by atoms with Gasteiger partial charge in [0.1, 0.15) is 5.75 Å². The van der Waals surface area contributed by atoms with Crippen LogP contribution in [0.3, 0.4) is 0 Å². The van der Waals surface area contributed by atoms with Gasteiger partial charge in [-0.05, 0) is 77.2 Å². The first-order chi connectivity index (χ1) is 10.1. The number of thiophene rings is 1. The molecule has 0 aliphatic heterocycles. The molecule has 2 rings (SSSR count). The minimum Gasteiger partial charge on any atom is -0.496 e. The van der Waals surface area contributed by atoms with E-state index in [0.717, 1.165) is 23.2 Å². The van der Waals surface area contributed by atoms with E-state index >= 15 is 0 Å². The number of ether oxygens (including phenoxy) is 1. The monoisotopic (exact) mass is 479 g/mol. The van der Waals surface area contributed by atoms with Crippen LogP contribution in [0.15, 0.2) is 28.1 Å². The van der Waals surface area contributed by atoms with Crippen molar-refractivity contribution in [2.24, 2.45) is 0 Å². The highest BCUT2D eigenvalue weighted by Gasteiger charge is 2.20. The number of hydrogen-bond acceptors (Lipinski definition) is 3. The zero-order valence-corrected chi connectivity index (χ0v) is 16.9. The van der Waals surface area contributed by atoms with Crippen molar-refractivity contribution in [1.29, 1.82) is 0 Å². The second-order valence-corrected chi connectivity index (χ2v) is 8.57. The molecule has 1 aromatic carbocycles. The minimum atomic E-state index is 0.163. The maximum atomic E-state index is 5.61. The van der Waals surface area contributed by atoms with Gasteiger partial charge in [-0.15, -0.1) is 11.3 Å². The lowest BCUT2D eigenvalue weighted by molar-refractivity contribution is 0.403. The summed E-state index contributed by atoms with van der Waals surface area (Å²) >= 11 is 7.79. The Morgan fingerprint density at radius 3 is 2.71 bits per heavy atom. The maximum Gasteiger partial charge on any atom is 0.124 e. The van der Waals surface area contributed by atoms with Gasteiger partial charge in [-0.1, -0.05) is 22.9 Å². The van der Waals surface area contributed by atoms with E-state index in [-0.39, 0.29) is 6.04 Å². The van der Waals surface area contributed by atoms with E-state index in [1.165, 1.54) is 19.6 Å². The Labute approximate surface area is 152 Å². The highest BCUT2D eigenvalue weighted by molar-refractivity contribution is 14.1. The molecule has 0 radical (unpaired) electrons. The van der Waals surface area contributed by atoms with E-state index in [2.05, 4.69) is 81.3 Å². The predicted molar refractivity (Wildman–Crippen MR) is 103 cm³/mol. The molecule has 0 amide bonds. The Kier molecular flexibility index (Phi) is 6.52. The number of aryl methyl sites for hydroxylation is 1. The number of benzene rings is 1. The molecule has 1 aromatic heterocycles. The van der Waals surface area contributed by atoms with Gasteiger partial charge in [0.2, 0.25) is 0 Å². The molecule has 0 saturated carbocycles. The van der Waals surface area contributed by atoms with E-state index in [9.17, 15) is 0 Å². The second-order valence-electron chi connectivity index (χ2n) is 4.91. The molecule has 1 N–H and O–H groups in total. The van der Waals surface area contributed by atoms with Crippen LogP contribution in [-0.2, 0) is 0 Å². The molecule has 21 heavy (non-hydrogen) atoms. The smallest absolute Gasteiger partial charge is 0.124 e. The molecular weight excluding hydrogens is 461 g/mol. The van der Waals surface area contributed by atoms with Crippen LogP contribution in [0, 0.1) is 9.81 Å². The van der Waals surface area contributed by atoms with Gasteiger partial charge in [-0.3, -0.25) is 0 Å². The molecule has 0 aliphatic rings. The van der Waals surface area contributed by atoms with Crippen LogP contribution in [0.5, 0.6) is 5.75 Å². The molecule has 5 heteroatoms. The second kappa shape index (κ2) is 7.94. The molecule has 0 saturated heterocycles. The lowest BCUT2D eigenvalue weighted by Crippen LogP contribution is -2.23. The normalized spacial score (nSPS) is 12.4. The Morgan fingerprint density at radius 2 is 2.14 bits per heavy atom. The standard InChI is InChI=1S/C16H19BrINOS/c1-4-5-19-16(11-7-15(18)21-9-11)12-8-13(17)10(2)6-14(12)20-3/h6-9,16,19H,4-5H2,1-3H3. The average molecular weight is 480 g/mol. The van der Waals surface area contributed by atoms with E-state index in [1.807, 2.05) is 0 Å². The third-order valence-corrected chi connectivity index (χ3v) is 6.00. The fraction of sp³-hybridized carbons (Fsp3) is 0.375. The molecule has 1 heterocycles. The van der Waals surface area contributed by atoms with Gasteiger partial charge in [0, 0.05) is 10.0 Å². The lowest BCUT2D eigenvalue weighted by Gasteiger charge is -2.21. The minimum absolute atomic E-state index is 0.163. The summed E-state index contributed by atoms with van der Waals surface area (Å²) in [4.78, 5) is 0. The summed E-state index contributed by atoms with van der Waals surface area (Å²) < 4.78 is 8.03. The predicted octanol–water partition coefficient (Wildman–Crippen LogP) is 5.52. The van der Waals surface area contributed by atoms with Crippen molar-refractivity contribution >= 4 is 49.9 Å². The summed E-state index contributed by atoms with van der Waals surface area (Å²) in [6.45, 7) is 5.24. The number of rotatable bonds is 6. The lowest BCUT2D eigenvalue weighted by atomic mass is 9.98. The van der Waals surface area contributed by atoms with Gasteiger partial charge in [-0.25, -0.2) is 0 Å². The maximum absolute atomic E-state index is 5.61. The van der Waals surface area contributed by atoms with Crippen molar-refractivity contribution in [3.63, 3.8) is 0 Å². The molecule has 0 fully saturated rings. The molecule has 2 nitrogen and oxygen atoms in total. The molecule has 1 atom stereocenters.